The number of hydrogen-bond donors (Lipinski definition) is 1. The summed E-state index contributed by atoms with van der Waals surface area (Å²) < 4.78 is 10.9. The van der Waals surface area contributed by atoms with Crippen LogP contribution in [0.4, 0.5) is 4.79 Å². The number of carbonyl (C=O) groups is 1. The average molecular weight is 360 g/mol. The van der Waals surface area contributed by atoms with Gasteiger partial charge in [-0.3, -0.25) is 0 Å². The van der Waals surface area contributed by atoms with Crippen molar-refractivity contribution in [3.05, 3.63) is 45.6 Å². The molecule has 0 unspecified atom stereocenters. The third-order valence-electron chi connectivity index (χ3n) is 4.47. The van der Waals surface area contributed by atoms with Crippen molar-refractivity contribution < 1.29 is 14.3 Å². The Kier molecular flexibility index (Phi) is 5.48. The van der Waals surface area contributed by atoms with E-state index < -0.39 is 0 Å². The second kappa shape index (κ2) is 7.78. The minimum Gasteiger partial charge on any atom is -0.493 e. The van der Waals surface area contributed by atoms with Gasteiger partial charge in [-0.05, 0) is 47.5 Å². The van der Waals surface area contributed by atoms with Crippen LogP contribution in [-0.2, 0) is 6.42 Å². The van der Waals surface area contributed by atoms with Crippen molar-refractivity contribution in [1.29, 1.82) is 0 Å². The van der Waals surface area contributed by atoms with Gasteiger partial charge in [0.25, 0.3) is 0 Å². The van der Waals surface area contributed by atoms with E-state index >= 15 is 0 Å². The van der Waals surface area contributed by atoms with Crippen LogP contribution in [0.5, 0.6) is 11.5 Å². The van der Waals surface area contributed by atoms with E-state index in [4.69, 9.17) is 9.47 Å². The van der Waals surface area contributed by atoms with Crippen LogP contribution >= 0.6 is 11.3 Å². The van der Waals surface area contributed by atoms with Crippen molar-refractivity contribution in [2.24, 2.45) is 0 Å². The maximum atomic E-state index is 12.7. The fourth-order valence-electron chi connectivity index (χ4n) is 3.25. The molecule has 0 fully saturated rings. The van der Waals surface area contributed by atoms with E-state index in [0.717, 1.165) is 29.0 Å². The van der Waals surface area contributed by atoms with Crippen LogP contribution < -0.4 is 14.8 Å². The van der Waals surface area contributed by atoms with Gasteiger partial charge in [0.15, 0.2) is 11.5 Å². The van der Waals surface area contributed by atoms with E-state index in [9.17, 15) is 4.79 Å². The molecule has 1 N–H and O–H groups in total. The highest BCUT2D eigenvalue weighted by Crippen LogP contribution is 2.42. The number of carbonyl (C=O) groups excluding carboxylic acids is 1. The Hall–Kier alpha value is -2.21. The maximum absolute atomic E-state index is 12.7. The van der Waals surface area contributed by atoms with Gasteiger partial charge in [-0.15, -0.1) is 11.3 Å². The molecule has 0 radical (unpaired) electrons. The summed E-state index contributed by atoms with van der Waals surface area (Å²) in [6.45, 7) is 3.42. The van der Waals surface area contributed by atoms with E-state index in [1.54, 1.807) is 25.6 Å². The molecule has 0 saturated carbocycles. The van der Waals surface area contributed by atoms with Gasteiger partial charge in [0.05, 0.1) is 20.3 Å². The number of fused-ring (bicyclic) bond motifs is 1. The average Bonchev–Trinajstić information content (AvgIpc) is 3.18. The number of hydrogen-bond acceptors (Lipinski definition) is 4. The third kappa shape index (κ3) is 3.44. The lowest BCUT2D eigenvalue weighted by atomic mass is 9.91. The fourth-order valence-corrected chi connectivity index (χ4v) is 4.11. The third-order valence-corrected chi connectivity index (χ3v) is 5.40. The molecule has 2 heterocycles. The quantitative estimate of drug-likeness (QED) is 0.881. The van der Waals surface area contributed by atoms with Gasteiger partial charge in [-0.25, -0.2) is 4.79 Å². The Labute approximate surface area is 152 Å². The molecule has 1 aromatic carbocycles. The van der Waals surface area contributed by atoms with E-state index in [1.807, 2.05) is 28.5 Å². The zero-order valence-electron chi connectivity index (χ0n) is 14.9. The molecule has 134 valence electrons. The summed E-state index contributed by atoms with van der Waals surface area (Å²) in [4.78, 5) is 15.8. The van der Waals surface area contributed by atoms with Gasteiger partial charge in [0, 0.05) is 18.0 Å². The Morgan fingerprint density at radius 1 is 1.32 bits per heavy atom. The van der Waals surface area contributed by atoms with Crippen LogP contribution in [-0.4, -0.2) is 38.2 Å². The van der Waals surface area contributed by atoms with Crippen molar-refractivity contribution in [3.63, 3.8) is 0 Å². The van der Waals surface area contributed by atoms with Crippen molar-refractivity contribution in [2.45, 2.75) is 25.8 Å². The highest BCUT2D eigenvalue weighted by molar-refractivity contribution is 7.10. The zero-order valence-corrected chi connectivity index (χ0v) is 15.7. The zero-order chi connectivity index (χ0) is 17.8. The second-order valence-electron chi connectivity index (χ2n) is 6.00. The summed E-state index contributed by atoms with van der Waals surface area (Å²) in [6.07, 6.45) is 1.72. The summed E-state index contributed by atoms with van der Waals surface area (Å²) in [7, 11) is 3.28. The lowest BCUT2D eigenvalue weighted by Crippen LogP contribution is -2.46. The van der Waals surface area contributed by atoms with Crippen LogP contribution in [0.15, 0.2) is 29.6 Å². The van der Waals surface area contributed by atoms with Gasteiger partial charge >= 0.3 is 6.03 Å². The Morgan fingerprint density at radius 3 is 2.72 bits per heavy atom. The molecule has 25 heavy (non-hydrogen) atoms. The lowest BCUT2D eigenvalue weighted by molar-refractivity contribution is 0.181. The Bertz CT molecular complexity index is 731. The van der Waals surface area contributed by atoms with Gasteiger partial charge in [0.1, 0.15) is 0 Å². The molecular formula is C19H24N2O3S. The van der Waals surface area contributed by atoms with Gasteiger partial charge in [0.2, 0.25) is 0 Å². The number of nitrogens with one attached hydrogen (secondary N) is 1. The first-order valence-corrected chi connectivity index (χ1v) is 9.40. The van der Waals surface area contributed by atoms with Crippen LogP contribution in [0.3, 0.4) is 0 Å². The molecule has 1 aliphatic heterocycles. The molecule has 1 atom stereocenters. The molecule has 1 aromatic heterocycles. The minimum absolute atomic E-state index is 0.0133. The van der Waals surface area contributed by atoms with Crippen LogP contribution in [0.2, 0.25) is 0 Å². The number of thiophene rings is 1. The normalized spacial score (nSPS) is 16.3. The number of benzene rings is 1. The number of urea groups is 1. The molecule has 3 rings (SSSR count). The number of methoxy groups -OCH3 is 2. The minimum atomic E-state index is -0.0968. The van der Waals surface area contributed by atoms with Crippen molar-refractivity contribution in [1.82, 2.24) is 10.2 Å². The monoisotopic (exact) mass is 360 g/mol. The van der Waals surface area contributed by atoms with Gasteiger partial charge < -0.3 is 19.7 Å². The first-order chi connectivity index (χ1) is 12.2. The van der Waals surface area contributed by atoms with Crippen LogP contribution in [0, 0.1) is 0 Å². The fraction of sp³-hybridized carbons (Fsp3) is 0.421. The summed E-state index contributed by atoms with van der Waals surface area (Å²) >= 11 is 1.67. The lowest BCUT2D eigenvalue weighted by Gasteiger charge is -2.37. The van der Waals surface area contributed by atoms with Gasteiger partial charge in [-0.1, -0.05) is 13.0 Å². The predicted octanol–water partition coefficient (Wildman–Crippen LogP) is 3.83. The van der Waals surface area contributed by atoms with Crippen LogP contribution in [0.25, 0.3) is 0 Å². The van der Waals surface area contributed by atoms with E-state index in [2.05, 4.69) is 18.3 Å². The van der Waals surface area contributed by atoms with Gasteiger partial charge in [-0.2, -0.15) is 0 Å². The van der Waals surface area contributed by atoms with E-state index in [1.165, 1.54) is 5.56 Å². The first-order valence-electron chi connectivity index (χ1n) is 8.52. The number of amides is 2. The molecule has 0 aliphatic carbocycles. The summed E-state index contributed by atoms with van der Waals surface area (Å²) in [5.74, 6) is 1.42. The summed E-state index contributed by atoms with van der Waals surface area (Å²) in [6, 6.07) is 8.05. The Morgan fingerprint density at radius 2 is 2.08 bits per heavy atom. The largest absolute Gasteiger partial charge is 0.493 e. The smallest absolute Gasteiger partial charge is 0.318 e. The molecule has 2 amide bonds. The standard InChI is InChI=1S/C19H24N2O3S/c1-4-8-20-19(22)21-9-7-13-11-15(23-2)16(24-3)12-14(13)18(21)17-6-5-10-25-17/h5-6,10-12,18H,4,7-9H2,1-3H3,(H,20,22)/t18-/m1/s1. The number of rotatable bonds is 5. The number of ether oxygens (including phenoxy) is 2. The topological polar surface area (TPSA) is 50.8 Å². The van der Waals surface area contributed by atoms with Crippen molar-refractivity contribution in [3.8, 4) is 11.5 Å². The first kappa shape index (κ1) is 17.6. The highest BCUT2D eigenvalue weighted by atomic mass is 32.1. The molecule has 6 heteroatoms. The molecule has 0 saturated heterocycles. The van der Waals surface area contributed by atoms with E-state index in [-0.39, 0.29) is 12.1 Å². The molecule has 0 spiro atoms. The molecule has 2 aromatic rings. The molecule has 0 bridgehead atoms. The van der Waals surface area contributed by atoms with Crippen molar-refractivity contribution >= 4 is 17.4 Å². The molecule has 1 aliphatic rings. The van der Waals surface area contributed by atoms with Crippen LogP contribution in [0.1, 0.15) is 35.4 Å². The molecule has 5 nitrogen and oxygen atoms in total. The maximum Gasteiger partial charge on any atom is 0.318 e. The van der Waals surface area contributed by atoms with Crippen molar-refractivity contribution in [2.75, 3.05) is 27.3 Å². The highest BCUT2D eigenvalue weighted by Gasteiger charge is 2.33. The molecular weight excluding hydrogens is 336 g/mol. The Balaban J connectivity index is 2.04. The predicted molar refractivity (Wildman–Crippen MR) is 99.8 cm³/mol. The SMILES string of the molecule is CCCNC(=O)N1CCc2cc(OC)c(OC)cc2[C@@H]1c1cccs1. The van der Waals surface area contributed by atoms with E-state index in [0.29, 0.717) is 18.8 Å². The number of nitrogens with zero attached hydrogens (tertiary/aromatic N) is 1. The second-order valence-corrected chi connectivity index (χ2v) is 6.98. The summed E-state index contributed by atoms with van der Waals surface area (Å²) in [5, 5.41) is 5.06. The summed E-state index contributed by atoms with van der Waals surface area (Å²) in [5.41, 5.74) is 2.31.